The predicted octanol–water partition coefficient (Wildman–Crippen LogP) is 0.823. The lowest BCUT2D eigenvalue weighted by molar-refractivity contribution is -0.131. The van der Waals surface area contributed by atoms with Crippen LogP contribution >= 0.6 is 0 Å². The second-order valence-corrected chi connectivity index (χ2v) is 5.90. The molecular formula is C13H24N2O2. The van der Waals surface area contributed by atoms with E-state index < -0.39 is 0 Å². The van der Waals surface area contributed by atoms with Crippen molar-refractivity contribution in [1.82, 2.24) is 9.80 Å². The zero-order valence-electron chi connectivity index (χ0n) is 11.2. The molecule has 17 heavy (non-hydrogen) atoms. The molecule has 0 aromatic heterocycles. The van der Waals surface area contributed by atoms with Gasteiger partial charge in [0.2, 0.25) is 5.91 Å². The van der Waals surface area contributed by atoms with Crippen molar-refractivity contribution in [2.75, 3.05) is 47.4 Å². The third kappa shape index (κ3) is 2.47. The summed E-state index contributed by atoms with van der Waals surface area (Å²) in [5, 5.41) is 0. The summed E-state index contributed by atoms with van der Waals surface area (Å²) in [4.78, 5) is 16.1. The highest BCUT2D eigenvalue weighted by Crippen LogP contribution is 2.48. The number of rotatable bonds is 4. The van der Waals surface area contributed by atoms with Gasteiger partial charge in [-0.1, -0.05) is 6.42 Å². The van der Waals surface area contributed by atoms with Crippen LogP contribution in [0.5, 0.6) is 0 Å². The summed E-state index contributed by atoms with van der Waals surface area (Å²) in [5.41, 5.74) is 0.261. The highest BCUT2D eigenvalue weighted by Gasteiger charge is 2.50. The Bertz CT molecular complexity index is 293. The summed E-state index contributed by atoms with van der Waals surface area (Å²) in [7, 11) is 5.66. The summed E-state index contributed by atoms with van der Waals surface area (Å²) in [5.74, 6) is 0.924. The molecule has 0 radical (unpaired) electrons. The molecule has 2 aliphatic rings. The molecule has 1 heterocycles. The molecule has 1 saturated carbocycles. The summed E-state index contributed by atoms with van der Waals surface area (Å²) in [6.45, 7) is 3.17. The highest BCUT2D eigenvalue weighted by molar-refractivity contribution is 5.78. The van der Waals surface area contributed by atoms with E-state index in [0.717, 1.165) is 19.7 Å². The van der Waals surface area contributed by atoms with Crippen molar-refractivity contribution in [2.45, 2.75) is 19.3 Å². The third-order valence-electron chi connectivity index (χ3n) is 4.28. The number of carbonyl (C=O) groups excluding carboxylic acids is 1. The van der Waals surface area contributed by atoms with E-state index in [0.29, 0.717) is 12.5 Å². The van der Waals surface area contributed by atoms with Crippen molar-refractivity contribution in [3.8, 4) is 0 Å². The Hall–Kier alpha value is -0.610. The Morgan fingerprint density at radius 3 is 2.94 bits per heavy atom. The van der Waals surface area contributed by atoms with Gasteiger partial charge in [-0.05, 0) is 32.9 Å². The first kappa shape index (κ1) is 12.8. The monoisotopic (exact) mass is 240 g/mol. The average molecular weight is 240 g/mol. The van der Waals surface area contributed by atoms with Crippen molar-refractivity contribution in [2.24, 2.45) is 11.3 Å². The Morgan fingerprint density at radius 2 is 2.29 bits per heavy atom. The fraction of sp³-hybridized carbons (Fsp3) is 0.923. The molecule has 4 heteroatoms. The first-order chi connectivity index (χ1) is 8.07. The van der Waals surface area contributed by atoms with Gasteiger partial charge in [-0.3, -0.25) is 4.79 Å². The van der Waals surface area contributed by atoms with Crippen LogP contribution in [0.25, 0.3) is 0 Å². The fourth-order valence-electron chi connectivity index (χ4n) is 3.50. The number of likely N-dealkylation sites (tertiary alicyclic amines) is 1. The van der Waals surface area contributed by atoms with Crippen LogP contribution in [0.15, 0.2) is 0 Å². The van der Waals surface area contributed by atoms with Gasteiger partial charge in [0, 0.05) is 25.6 Å². The second kappa shape index (κ2) is 4.94. The number of methoxy groups -OCH3 is 1. The smallest absolute Gasteiger partial charge is 0.236 e. The highest BCUT2D eigenvalue weighted by atomic mass is 16.5. The molecule has 1 amide bonds. The fourth-order valence-corrected chi connectivity index (χ4v) is 3.50. The maximum atomic E-state index is 12.1. The van der Waals surface area contributed by atoms with Gasteiger partial charge < -0.3 is 14.5 Å². The minimum absolute atomic E-state index is 0.261. The van der Waals surface area contributed by atoms with E-state index in [1.54, 1.807) is 7.11 Å². The number of hydrogen-bond donors (Lipinski definition) is 0. The van der Waals surface area contributed by atoms with E-state index in [-0.39, 0.29) is 11.3 Å². The number of ether oxygens (including phenoxy) is 1. The Labute approximate surface area is 104 Å². The SMILES string of the molecule is COC[C@@]12CCC[C@@H]1CN(C(=O)CN(C)C)C2. The van der Waals surface area contributed by atoms with Crippen LogP contribution < -0.4 is 0 Å². The first-order valence-electron chi connectivity index (χ1n) is 6.49. The minimum atomic E-state index is 0.261. The number of fused-ring (bicyclic) bond motifs is 1. The van der Waals surface area contributed by atoms with Gasteiger partial charge in [0.25, 0.3) is 0 Å². The van der Waals surface area contributed by atoms with Gasteiger partial charge in [0.15, 0.2) is 0 Å². The van der Waals surface area contributed by atoms with Gasteiger partial charge in [-0.15, -0.1) is 0 Å². The van der Waals surface area contributed by atoms with Crippen molar-refractivity contribution in [1.29, 1.82) is 0 Å². The number of hydrogen-bond acceptors (Lipinski definition) is 3. The number of carbonyl (C=O) groups is 1. The molecule has 2 fully saturated rings. The quantitative estimate of drug-likeness (QED) is 0.729. The average Bonchev–Trinajstić information content (AvgIpc) is 2.73. The minimum Gasteiger partial charge on any atom is -0.384 e. The predicted molar refractivity (Wildman–Crippen MR) is 66.8 cm³/mol. The first-order valence-corrected chi connectivity index (χ1v) is 6.49. The normalized spacial score (nSPS) is 32.2. The molecule has 0 bridgehead atoms. The van der Waals surface area contributed by atoms with Crippen LogP contribution in [0, 0.1) is 11.3 Å². The van der Waals surface area contributed by atoms with Gasteiger partial charge in [-0.2, -0.15) is 0 Å². The Morgan fingerprint density at radius 1 is 1.53 bits per heavy atom. The molecule has 0 unspecified atom stereocenters. The molecule has 1 aliphatic carbocycles. The van der Waals surface area contributed by atoms with Gasteiger partial charge in [-0.25, -0.2) is 0 Å². The van der Waals surface area contributed by atoms with Crippen molar-refractivity contribution in [3.05, 3.63) is 0 Å². The number of likely N-dealkylation sites (N-methyl/N-ethyl adjacent to an activating group) is 1. The molecule has 0 spiro atoms. The van der Waals surface area contributed by atoms with Crippen molar-refractivity contribution < 1.29 is 9.53 Å². The number of nitrogens with zero attached hydrogens (tertiary/aromatic N) is 2. The zero-order chi connectivity index (χ0) is 12.5. The Balaban J connectivity index is 2.00. The standard InChI is InChI=1S/C13H24N2O2/c1-14(2)8-12(16)15-7-11-5-4-6-13(11,9-15)10-17-3/h11H,4-10H2,1-3H3/t11-,13+/m1/s1. The molecule has 0 N–H and O–H groups in total. The molecule has 1 aliphatic heterocycles. The third-order valence-corrected chi connectivity index (χ3v) is 4.28. The van der Waals surface area contributed by atoms with Crippen molar-refractivity contribution >= 4 is 5.91 Å². The van der Waals surface area contributed by atoms with E-state index >= 15 is 0 Å². The molecule has 1 saturated heterocycles. The summed E-state index contributed by atoms with van der Waals surface area (Å²) >= 11 is 0. The van der Waals surface area contributed by atoms with E-state index in [1.165, 1.54) is 19.3 Å². The molecule has 2 rings (SSSR count). The maximum Gasteiger partial charge on any atom is 0.236 e. The molecule has 0 aromatic rings. The van der Waals surface area contributed by atoms with E-state index in [1.807, 2.05) is 23.9 Å². The summed E-state index contributed by atoms with van der Waals surface area (Å²) in [6, 6.07) is 0. The van der Waals surface area contributed by atoms with Gasteiger partial charge in [0.05, 0.1) is 13.2 Å². The van der Waals surface area contributed by atoms with Crippen LogP contribution in [0.4, 0.5) is 0 Å². The van der Waals surface area contributed by atoms with Crippen LogP contribution in [0.3, 0.4) is 0 Å². The van der Waals surface area contributed by atoms with Crippen LogP contribution in [-0.2, 0) is 9.53 Å². The topological polar surface area (TPSA) is 32.8 Å². The maximum absolute atomic E-state index is 12.1. The number of amides is 1. The Kier molecular flexibility index (Phi) is 3.73. The molecular weight excluding hydrogens is 216 g/mol. The summed E-state index contributed by atoms with van der Waals surface area (Å²) in [6.07, 6.45) is 3.77. The van der Waals surface area contributed by atoms with E-state index in [2.05, 4.69) is 0 Å². The molecule has 2 atom stereocenters. The van der Waals surface area contributed by atoms with Crippen LogP contribution in [0.1, 0.15) is 19.3 Å². The second-order valence-electron chi connectivity index (χ2n) is 5.90. The van der Waals surface area contributed by atoms with Gasteiger partial charge >= 0.3 is 0 Å². The van der Waals surface area contributed by atoms with E-state index in [9.17, 15) is 4.79 Å². The lowest BCUT2D eigenvalue weighted by Crippen LogP contribution is -2.38. The largest absolute Gasteiger partial charge is 0.384 e. The van der Waals surface area contributed by atoms with Gasteiger partial charge in [0.1, 0.15) is 0 Å². The lowest BCUT2D eigenvalue weighted by atomic mass is 9.82. The van der Waals surface area contributed by atoms with Crippen LogP contribution in [-0.4, -0.2) is 63.2 Å². The van der Waals surface area contributed by atoms with Crippen LogP contribution in [0.2, 0.25) is 0 Å². The molecule has 4 nitrogen and oxygen atoms in total. The van der Waals surface area contributed by atoms with Crippen molar-refractivity contribution in [3.63, 3.8) is 0 Å². The summed E-state index contributed by atoms with van der Waals surface area (Å²) < 4.78 is 5.39. The molecule has 98 valence electrons. The zero-order valence-corrected chi connectivity index (χ0v) is 11.2. The molecule has 0 aromatic carbocycles. The van der Waals surface area contributed by atoms with E-state index in [4.69, 9.17) is 4.74 Å². The lowest BCUT2D eigenvalue weighted by Gasteiger charge is -2.27.